The van der Waals surface area contributed by atoms with Crippen molar-refractivity contribution in [3.63, 3.8) is 0 Å². The fourth-order valence-corrected chi connectivity index (χ4v) is 4.30. The maximum Gasteiger partial charge on any atom is 0.269 e. The number of benzene rings is 3. The number of anilines is 2. The second-order valence-corrected chi connectivity index (χ2v) is 8.36. The van der Waals surface area contributed by atoms with Crippen LogP contribution in [-0.4, -0.2) is 32.2 Å². The second kappa shape index (κ2) is 9.94. The number of non-ortho nitro benzene ring substituents is 1. The molecule has 37 heavy (non-hydrogen) atoms. The Balaban J connectivity index is 1.61. The summed E-state index contributed by atoms with van der Waals surface area (Å²) in [4.78, 5) is 28.9. The molecule has 2 N–H and O–H groups in total. The summed E-state index contributed by atoms with van der Waals surface area (Å²) in [5.41, 5.74) is 3.10. The highest BCUT2D eigenvalue weighted by Gasteiger charge is 2.36. The topological polar surface area (TPSA) is 124 Å². The molecule has 1 atom stereocenters. The second-order valence-electron chi connectivity index (χ2n) is 8.36. The molecule has 5 rings (SSSR count). The molecule has 186 valence electrons. The Morgan fingerprint density at radius 2 is 1.78 bits per heavy atom. The summed E-state index contributed by atoms with van der Waals surface area (Å²) in [6.07, 6.45) is 0. The van der Waals surface area contributed by atoms with Crippen LogP contribution >= 0.6 is 0 Å². The van der Waals surface area contributed by atoms with Crippen molar-refractivity contribution < 1.29 is 14.5 Å². The van der Waals surface area contributed by atoms with Crippen LogP contribution in [0.4, 0.5) is 17.3 Å². The molecule has 0 aliphatic carbocycles. The minimum Gasteiger partial charge on any atom is -0.494 e. The maximum atomic E-state index is 13.6. The average Bonchev–Trinajstić information content (AvgIpc) is 3.32. The van der Waals surface area contributed by atoms with Gasteiger partial charge in [-0.3, -0.25) is 14.9 Å². The Kier molecular flexibility index (Phi) is 6.38. The van der Waals surface area contributed by atoms with Crippen molar-refractivity contribution >= 4 is 23.2 Å². The highest BCUT2D eigenvalue weighted by molar-refractivity contribution is 6.06. The summed E-state index contributed by atoms with van der Waals surface area (Å²) in [6.45, 7) is 4.17. The zero-order valence-electron chi connectivity index (χ0n) is 20.2. The molecule has 10 nitrogen and oxygen atoms in total. The van der Waals surface area contributed by atoms with Gasteiger partial charge in [0.25, 0.3) is 11.6 Å². The molecule has 1 unspecified atom stereocenters. The molecule has 3 aromatic carbocycles. The first-order chi connectivity index (χ1) is 18.0. The van der Waals surface area contributed by atoms with E-state index in [1.165, 1.54) is 12.1 Å². The summed E-state index contributed by atoms with van der Waals surface area (Å²) in [7, 11) is 0. The van der Waals surface area contributed by atoms with Crippen LogP contribution in [0.25, 0.3) is 11.4 Å². The van der Waals surface area contributed by atoms with E-state index in [9.17, 15) is 14.9 Å². The predicted molar refractivity (Wildman–Crippen MR) is 139 cm³/mol. The first-order valence-electron chi connectivity index (χ1n) is 11.7. The summed E-state index contributed by atoms with van der Waals surface area (Å²) in [5, 5.41) is 22.0. The normalized spacial score (nSPS) is 14.5. The predicted octanol–water partition coefficient (Wildman–Crippen LogP) is 5.18. The van der Waals surface area contributed by atoms with Gasteiger partial charge in [-0.1, -0.05) is 36.4 Å². The van der Waals surface area contributed by atoms with Gasteiger partial charge < -0.3 is 15.4 Å². The highest BCUT2D eigenvalue weighted by Crippen LogP contribution is 2.40. The van der Waals surface area contributed by atoms with Crippen LogP contribution < -0.4 is 15.4 Å². The molecule has 1 aliphatic heterocycles. The van der Waals surface area contributed by atoms with Crippen LogP contribution in [0.15, 0.2) is 90.1 Å². The number of para-hydroxylation sites is 2. The van der Waals surface area contributed by atoms with Gasteiger partial charge >= 0.3 is 0 Å². The molecule has 1 amide bonds. The van der Waals surface area contributed by atoms with E-state index in [4.69, 9.17) is 9.84 Å². The van der Waals surface area contributed by atoms with Gasteiger partial charge in [0.05, 0.1) is 17.1 Å². The van der Waals surface area contributed by atoms with Crippen molar-refractivity contribution in [2.45, 2.75) is 19.9 Å². The molecule has 0 saturated carbocycles. The molecule has 0 saturated heterocycles. The number of amides is 1. The van der Waals surface area contributed by atoms with Gasteiger partial charge in [0.15, 0.2) is 5.82 Å². The molecule has 2 heterocycles. The lowest BCUT2D eigenvalue weighted by Crippen LogP contribution is -2.31. The molecule has 0 spiro atoms. The van der Waals surface area contributed by atoms with Crippen molar-refractivity contribution in [1.29, 1.82) is 0 Å². The van der Waals surface area contributed by atoms with Gasteiger partial charge in [0.1, 0.15) is 11.8 Å². The molecule has 0 fully saturated rings. The smallest absolute Gasteiger partial charge is 0.269 e. The van der Waals surface area contributed by atoms with Crippen LogP contribution in [0.3, 0.4) is 0 Å². The van der Waals surface area contributed by atoms with E-state index >= 15 is 0 Å². The fourth-order valence-electron chi connectivity index (χ4n) is 4.30. The number of aromatic nitrogens is 3. The monoisotopic (exact) mass is 496 g/mol. The van der Waals surface area contributed by atoms with Gasteiger partial charge in [-0.2, -0.15) is 4.98 Å². The van der Waals surface area contributed by atoms with E-state index in [1.54, 1.807) is 16.8 Å². The zero-order chi connectivity index (χ0) is 25.9. The number of allylic oxidation sites excluding steroid dienone is 1. The van der Waals surface area contributed by atoms with Crippen LogP contribution in [-0.2, 0) is 4.79 Å². The first kappa shape index (κ1) is 23.7. The van der Waals surface area contributed by atoms with Crippen molar-refractivity contribution in [2.75, 3.05) is 17.2 Å². The Morgan fingerprint density at radius 3 is 2.49 bits per heavy atom. The molecule has 0 bridgehead atoms. The number of carbonyl (C=O) groups excluding carboxylic acids is 1. The lowest BCUT2D eigenvalue weighted by atomic mass is 9.94. The lowest BCUT2D eigenvalue weighted by Gasteiger charge is -2.29. The number of fused-ring (bicyclic) bond motifs is 1. The molecule has 10 heteroatoms. The van der Waals surface area contributed by atoms with Crippen molar-refractivity contribution in [3.8, 4) is 17.1 Å². The third kappa shape index (κ3) is 4.64. The number of nitrogens with one attached hydrogen (secondary N) is 2. The number of ether oxygens (including phenoxy) is 1. The van der Waals surface area contributed by atoms with Gasteiger partial charge in [0, 0.05) is 34.6 Å². The zero-order valence-corrected chi connectivity index (χ0v) is 20.2. The van der Waals surface area contributed by atoms with Gasteiger partial charge in [-0.05, 0) is 44.2 Å². The standard InChI is InChI=1S/C27H24N6O4/c1-3-37-22-12-8-7-11-21(22)24-23(26(34)29-19-9-5-4-6-10-19)17(2)28-27-30-25(31-32(24)27)18-13-15-20(16-14-18)33(35)36/h4-16,24H,3H2,1-2H3,(H,29,34)(H,28,30,31). The number of carbonyl (C=O) groups is 1. The van der Waals surface area contributed by atoms with E-state index in [-0.39, 0.29) is 11.6 Å². The average molecular weight is 497 g/mol. The minimum atomic E-state index is -0.637. The van der Waals surface area contributed by atoms with Crippen molar-refractivity contribution in [2.24, 2.45) is 0 Å². The van der Waals surface area contributed by atoms with Gasteiger partial charge in [-0.25, -0.2) is 4.68 Å². The Bertz CT molecular complexity index is 1500. The molecule has 4 aromatic rings. The summed E-state index contributed by atoms with van der Waals surface area (Å²) in [6, 6.07) is 22.1. The Hall–Kier alpha value is -4.99. The van der Waals surface area contributed by atoms with Crippen LogP contribution in [0.5, 0.6) is 5.75 Å². The van der Waals surface area contributed by atoms with Crippen LogP contribution in [0.2, 0.25) is 0 Å². The number of rotatable bonds is 7. The van der Waals surface area contributed by atoms with E-state index in [2.05, 4.69) is 15.6 Å². The molecule has 1 aliphatic rings. The molecular formula is C27H24N6O4. The third-order valence-corrected chi connectivity index (χ3v) is 5.98. The SMILES string of the molecule is CCOc1ccccc1C1C(C(=O)Nc2ccccc2)=C(C)Nc2nc(-c3ccc([N+](=O)[O-])cc3)nn21. The molecule has 0 radical (unpaired) electrons. The Morgan fingerprint density at radius 1 is 1.08 bits per heavy atom. The number of nitro benzene ring substituents is 1. The minimum absolute atomic E-state index is 0.0215. The van der Waals surface area contributed by atoms with E-state index in [0.717, 1.165) is 5.56 Å². The van der Waals surface area contributed by atoms with Crippen molar-refractivity contribution in [3.05, 3.63) is 106 Å². The maximum absolute atomic E-state index is 13.6. The molecular weight excluding hydrogens is 472 g/mol. The quantitative estimate of drug-likeness (QED) is 0.267. The number of nitro groups is 1. The number of hydrogen-bond donors (Lipinski definition) is 2. The molecule has 1 aromatic heterocycles. The van der Waals surface area contributed by atoms with E-state index in [0.29, 0.717) is 46.7 Å². The number of nitrogens with zero attached hydrogens (tertiary/aromatic N) is 4. The number of hydrogen-bond acceptors (Lipinski definition) is 7. The largest absolute Gasteiger partial charge is 0.494 e. The van der Waals surface area contributed by atoms with Crippen molar-refractivity contribution in [1.82, 2.24) is 14.8 Å². The van der Waals surface area contributed by atoms with E-state index < -0.39 is 11.0 Å². The summed E-state index contributed by atoms with van der Waals surface area (Å²) < 4.78 is 7.57. The Labute approximate surface area is 212 Å². The lowest BCUT2D eigenvalue weighted by molar-refractivity contribution is -0.384. The van der Waals surface area contributed by atoms with Crippen LogP contribution in [0.1, 0.15) is 25.5 Å². The van der Waals surface area contributed by atoms with E-state index in [1.807, 2.05) is 68.4 Å². The summed E-state index contributed by atoms with van der Waals surface area (Å²) >= 11 is 0. The fraction of sp³-hybridized carbons (Fsp3) is 0.148. The third-order valence-electron chi connectivity index (χ3n) is 5.98. The highest BCUT2D eigenvalue weighted by atomic mass is 16.6. The van der Waals surface area contributed by atoms with Gasteiger partial charge in [-0.15, -0.1) is 5.10 Å². The summed E-state index contributed by atoms with van der Waals surface area (Å²) in [5.74, 6) is 1.16. The van der Waals surface area contributed by atoms with Gasteiger partial charge in [0.2, 0.25) is 5.95 Å². The van der Waals surface area contributed by atoms with Crippen LogP contribution in [0, 0.1) is 10.1 Å². The first-order valence-corrected chi connectivity index (χ1v) is 11.7.